The summed E-state index contributed by atoms with van der Waals surface area (Å²) >= 11 is 0. The number of nitrogens with zero attached hydrogens (tertiary/aromatic N) is 3. The maximum atomic E-state index is 7.35. The van der Waals surface area contributed by atoms with Crippen LogP contribution in [0.2, 0.25) is 0 Å². The van der Waals surface area contributed by atoms with Gasteiger partial charge in [-0.1, -0.05) is 29.8 Å². The van der Waals surface area contributed by atoms with E-state index < -0.39 is 0 Å². The molecule has 1 saturated heterocycles. The molecule has 1 N–H and O–H groups in total. The van der Waals surface area contributed by atoms with E-state index in [1.54, 1.807) is 0 Å². The van der Waals surface area contributed by atoms with Crippen LogP contribution in [0.4, 0.5) is 5.69 Å². The molecule has 3 rings (SSSR count). The van der Waals surface area contributed by atoms with Crippen LogP contribution in [0.1, 0.15) is 11.1 Å². The first-order valence-corrected chi connectivity index (χ1v) is 7.45. The number of anilines is 1. The third-order valence-electron chi connectivity index (χ3n) is 4.03. The van der Waals surface area contributed by atoms with E-state index in [2.05, 4.69) is 51.2 Å². The largest absolute Gasteiger partial charge is 0.674 e. The Morgan fingerprint density at radius 1 is 0.864 bits per heavy atom. The Morgan fingerprint density at radius 3 is 2.05 bits per heavy atom. The molecule has 2 aromatic rings. The summed E-state index contributed by atoms with van der Waals surface area (Å²) in [7, 11) is 0. The van der Waals surface area contributed by atoms with Crippen molar-refractivity contribution in [1.29, 1.82) is 0 Å². The third kappa shape index (κ3) is 4.76. The number of hydrogen-bond acceptors (Lipinski definition) is 3. The van der Waals surface area contributed by atoms with Crippen LogP contribution in [0.3, 0.4) is 0 Å². The molecule has 1 aliphatic rings. The molecule has 2 heterocycles. The van der Waals surface area contributed by atoms with Gasteiger partial charge in [0.1, 0.15) is 0 Å². The van der Waals surface area contributed by atoms with Crippen LogP contribution in [0.5, 0.6) is 0 Å². The monoisotopic (exact) mass is 508 g/mol. The van der Waals surface area contributed by atoms with E-state index in [0.717, 1.165) is 38.3 Å². The normalized spacial score (nSPS) is 15.4. The summed E-state index contributed by atoms with van der Waals surface area (Å²) in [5, 5.41) is 0. The van der Waals surface area contributed by atoms with Gasteiger partial charge in [-0.05, 0) is 17.7 Å². The molecule has 1 radical (unpaired) electrons. The molecule has 0 bridgehead atoms. The zero-order chi connectivity index (χ0) is 14.5. The van der Waals surface area contributed by atoms with Crippen molar-refractivity contribution < 1.29 is 44.1 Å². The second-order valence-electron chi connectivity index (χ2n) is 5.46. The zero-order valence-electron chi connectivity index (χ0n) is 12.8. The summed E-state index contributed by atoms with van der Waals surface area (Å²) in [5.41, 5.74) is 11.0. The van der Waals surface area contributed by atoms with Crippen molar-refractivity contribution in [2.24, 2.45) is 0 Å². The molecule has 0 saturated carbocycles. The molecule has 0 atom stereocenters. The van der Waals surface area contributed by atoms with Crippen molar-refractivity contribution >= 4 is 5.69 Å². The van der Waals surface area contributed by atoms with Gasteiger partial charge < -0.3 is 10.6 Å². The summed E-state index contributed by atoms with van der Waals surface area (Å²) in [6.45, 7) is 5.67. The van der Waals surface area contributed by atoms with E-state index in [1.807, 2.05) is 12.4 Å². The number of rotatable bonds is 4. The third-order valence-corrected chi connectivity index (χ3v) is 4.03. The maximum absolute atomic E-state index is 7.35. The first-order valence-electron chi connectivity index (χ1n) is 7.45. The van der Waals surface area contributed by atoms with Gasteiger partial charge in [0.15, 0.2) is 0 Å². The predicted molar refractivity (Wildman–Crippen MR) is 86.2 cm³/mol. The van der Waals surface area contributed by atoms with Gasteiger partial charge in [-0.15, -0.1) is 6.54 Å². The summed E-state index contributed by atoms with van der Waals surface area (Å²) in [4.78, 5) is 8.99. The van der Waals surface area contributed by atoms with E-state index >= 15 is 0 Å². The van der Waals surface area contributed by atoms with Gasteiger partial charge >= 0.3 is 0 Å². The van der Waals surface area contributed by atoms with E-state index in [-0.39, 0.29) is 44.1 Å². The SMILES string of the molecule is [Ac].[NH-]Cc1ccc(CN2CCN(c3ccncc3)CC2)cc1. The number of nitrogens with one attached hydrogen (secondary N) is 1. The molecule has 0 amide bonds. The summed E-state index contributed by atoms with van der Waals surface area (Å²) in [6.07, 6.45) is 3.71. The minimum atomic E-state index is 0. The number of pyridine rings is 1. The van der Waals surface area contributed by atoms with Gasteiger partial charge in [-0.2, -0.15) is 0 Å². The van der Waals surface area contributed by atoms with E-state index in [1.165, 1.54) is 11.3 Å². The molecule has 113 valence electrons. The van der Waals surface area contributed by atoms with Crippen LogP contribution in [-0.2, 0) is 13.1 Å². The van der Waals surface area contributed by atoms with Gasteiger partial charge in [0, 0.05) is 94.9 Å². The molecule has 1 fully saturated rings. The fourth-order valence-electron chi connectivity index (χ4n) is 2.74. The number of piperazine rings is 1. The van der Waals surface area contributed by atoms with Crippen molar-refractivity contribution in [1.82, 2.24) is 9.88 Å². The standard InChI is InChI=1S/C17H21N4.Ac/c18-13-15-1-3-16(4-2-15)14-20-9-11-21(12-10-20)17-5-7-19-8-6-17;/h1-8,18H,9-14H2;/q-1;. The van der Waals surface area contributed by atoms with Crippen LogP contribution < -0.4 is 4.90 Å². The zero-order valence-corrected chi connectivity index (χ0v) is 17.5. The molecule has 0 aliphatic carbocycles. The predicted octanol–water partition coefficient (Wildman–Crippen LogP) is 2.96. The Balaban J connectivity index is 0.00000176. The van der Waals surface area contributed by atoms with Gasteiger partial charge in [-0.25, -0.2) is 0 Å². The van der Waals surface area contributed by atoms with Crippen LogP contribution in [0.25, 0.3) is 5.73 Å². The summed E-state index contributed by atoms with van der Waals surface area (Å²) in [6, 6.07) is 12.6. The average Bonchev–Trinajstić information content (AvgIpc) is 2.57. The number of aromatic nitrogens is 1. The molecular weight excluding hydrogens is 487 g/mol. The summed E-state index contributed by atoms with van der Waals surface area (Å²) in [5.74, 6) is 0. The average molecular weight is 508 g/mol. The van der Waals surface area contributed by atoms with Gasteiger partial charge in [-0.3, -0.25) is 9.88 Å². The fraction of sp³-hybridized carbons (Fsp3) is 0.353. The Hall–Kier alpha value is -0.468. The quantitative estimate of drug-likeness (QED) is 0.638. The molecule has 22 heavy (non-hydrogen) atoms. The van der Waals surface area contributed by atoms with E-state index in [9.17, 15) is 0 Å². The minimum absolute atomic E-state index is 0. The van der Waals surface area contributed by atoms with Crippen LogP contribution >= 0.6 is 0 Å². The second-order valence-corrected chi connectivity index (χ2v) is 5.46. The van der Waals surface area contributed by atoms with Crippen LogP contribution in [0.15, 0.2) is 48.8 Å². The van der Waals surface area contributed by atoms with Gasteiger partial charge in [0.2, 0.25) is 0 Å². The molecule has 0 spiro atoms. The molecule has 5 heteroatoms. The van der Waals surface area contributed by atoms with Crippen LogP contribution in [-0.4, -0.2) is 36.1 Å². The minimum Gasteiger partial charge on any atom is -0.674 e. The first kappa shape index (κ1) is 17.9. The number of benzene rings is 1. The Morgan fingerprint density at radius 2 is 1.45 bits per heavy atom. The van der Waals surface area contributed by atoms with Crippen molar-refractivity contribution in [3.05, 3.63) is 65.7 Å². The van der Waals surface area contributed by atoms with E-state index in [4.69, 9.17) is 5.73 Å². The fourth-order valence-corrected chi connectivity index (χ4v) is 2.74. The van der Waals surface area contributed by atoms with Crippen molar-refractivity contribution in [3.63, 3.8) is 0 Å². The molecule has 0 unspecified atom stereocenters. The maximum Gasteiger partial charge on any atom is 0.0397 e. The van der Waals surface area contributed by atoms with Gasteiger partial charge in [0.05, 0.1) is 0 Å². The topological polar surface area (TPSA) is 43.2 Å². The Bertz CT molecular complexity index is 551. The Kier molecular flexibility index (Phi) is 7.30. The van der Waals surface area contributed by atoms with E-state index in [0.29, 0.717) is 6.54 Å². The number of hydrogen-bond donors (Lipinski definition) is 0. The Labute approximate surface area is 168 Å². The van der Waals surface area contributed by atoms with Crippen molar-refractivity contribution in [3.8, 4) is 0 Å². The molecule has 1 aromatic carbocycles. The smallest absolute Gasteiger partial charge is 0.0397 e. The first-order chi connectivity index (χ1) is 10.3. The molecular formula is C17H21AcN4-. The second kappa shape index (κ2) is 8.98. The van der Waals surface area contributed by atoms with Crippen molar-refractivity contribution in [2.75, 3.05) is 31.1 Å². The van der Waals surface area contributed by atoms with Crippen molar-refractivity contribution in [2.45, 2.75) is 13.1 Å². The summed E-state index contributed by atoms with van der Waals surface area (Å²) < 4.78 is 0. The van der Waals surface area contributed by atoms with Crippen LogP contribution in [0, 0.1) is 44.1 Å². The molecule has 4 nitrogen and oxygen atoms in total. The molecule has 1 aromatic heterocycles. The molecule has 1 aliphatic heterocycles. The van der Waals surface area contributed by atoms with Gasteiger partial charge in [0.25, 0.3) is 0 Å².